The van der Waals surface area contributed by atoms with E-state index in [9.17, 15) is 21.6 Å². The minimum atomic E-state index is -4.52. The average molecular weight is 487 g/mol. The number of benzene rings is 3. The number of nitrogens with two attached hydrogens (primary N) is 1. The summed E-state index contributed by atoms with van der Waals surface area (Å²) in [5.74, 6) is 0.171. The van der Waals surface area contributed by atoms with Crippen LogP contribution in [0.5, 0.6) is 5.75 Å². The SMILES string of the molecule is COc1ccccc1-c1cc2cc(C(=O)NS(=O)(=O)c3ccccc3S(N)(=O)=O)ccc2o1. The Kier molecular flexibility index (Phi) is 5.70. The van der Waals surface area contributed by atoms with Crippen LogP contribution in [-0.2, 0) is 20.0 Å². The number of furan rings is 1. The Morgan fingerprint density at radius 3 is 2.27 bits per heavy atom. The molecule has 0 aliphatic carbocycles. The van der Waals surface area contributed by atoms with Crippen molar-refractivity contribution in [2.75, 3.05) is 7.11 Å². The number of amides is 1. The van der Waals surface area contributed by atoms with Crippen molar-refractivity contribution in [1.29, 1.82) is 0 Å². The van der Waals surface area contributed by atoms with E-state index in [4.69, 9.17) is 14.3 Å². The Morgan fingerprint density at radius 1 is 0.909 bits per heavy atom. The van der Waals surface area contributed by atoms with Gasteiger partial charge in [0.15, 0.2) is 0 Å². The summed E-state index contributed by atoms with van der Waals surface area (Å²) in [5.41, 5.74) is 1.23. The first-order valence-corrected chi connectivity index (χ1v) is 12.5. The van der Waals surface area contributed by atoms with Crippen molar-refractivity contribution in [3.8, 4) is 17.1 Å². The summed E-state index contributed by atoms with van der Waals surface area (Å²) >= 11 is 0. The van der Waals surface area contributed by atoms with Gasteiger partial charge in [0.25, 0.3) is 15.9 Å². The van der Waals surface area contributed by atoms with E-state index >= 15 is 0 Å². The first-order valence-electron chi connectivity index (χ1n) is 9.46. The molecule has 3 N–H and O–H groups in total. The second kappa shape index (κ2) is 8.35. The van der Waals surface area contributed by atoms with Gasteiger partial charge in [-0.15, -0.1) is 0 Å². The molecule has 1 aromatic heterocycles. The van der Waals surface area contributed by atoms with Crippen LogP contribution in [-0.4, -0.2) is 29.9 Å². The van der Waals surface area contributed by atoms with Gasteiger partial charge < -0.3 is 9.15 Å². The number of hydrogen-bond acceptors (Lipinski definition) is 7. The molecule has 9 nitrogen and oxygen atoms in total. The summed E-state index contributed by atoms with van der Waals surface area (Å²) in [7, 11) is -7.31. The van der Waals surface area contributed by atoms with Crippen LogP contribution in [0.25, 0.3) is 22.3 Å². The largest absolute Gasteiger partial charge is 0.496 e. The maximum Gasteiger partial charge on any atom is 0.265 e. The Hall–Kier alpha value is -3.67. The standard InChI is InChI=1S/C22H18N2O7S2/c1-30-18-7-3-2-6-16(18)19-13-15-12-14(10-11-17(15)31-19)22(25)24-33(28,29)21-9-5-4-8-20(21)32(23,26)27/h2-13H,1H3,(H,24,25)(H2,23,26,27). The smallest absolute Gasteiger partial charge is 0.265 e. The third-order valence-electron chi connectivity index (χ3n) is 4.82. The van der Waals surface area contributed by atoms with Gasteiger partial charge in [0.2, 0.25) is 10.0 Å². The van der Waals surface area contributed by atoms with E-state index in [1.165, 1.54) is 30.3 Å². The van der Waals surface area contributed by atoms with Gasteiger partial charge in [-0.05, 0) is 48.5 Å². The van der Waals surface area contributed by atoms with Crippen LogP contribution in [0.15, 0.2) is 87.0 Å². The van der Waals surface area contributed by atoms with E-state index in [1.54, 1.807) is 19.2 Å². The summed E-state index contributed by atoms with van der Waals surface area (Å²) in [5, 5.41) is 5.67. The Morgan fingerprint density at radius 2 is 1.58 bits per heavy atom. The van der Waals surface area contributed by atoms with Crippen LogP contribution in [0, 0.1) is 0 Å². The van der Waals surface area contributed by atoms with Crippen LogP contribution in [0.1, 0.15) is 10.4 Å². The van der Waals surface area contributed by atoms with E-state index < -0.39 is 35.7 Å². The van der Waals surface area contributed by atoms with Gasteiger partial charge in [-0.1, -0.05) is 24.3 Å². The molecule has 0 saturated carbocycles. The zero-order valence-electron chi connectivity index (χ0n) is 17.2. The van der Waals surface area contributed by atoms with Crippen molar-refractivity contribution in [2.45, 2.75) is 9.79 Å². The van der Waals surface area contributed by atoms with Crippen molar-refractivity contribution in [1.82, 2.24) is 4.72 Å². The van der Waals surface area contributed by atoms with Crippen molar-refractivity contribution in [3.63, 3.8) is 0 Å². The Balaban J connectivity index is 1.67. The lowest BCUT2D eigenvalue weighted by Gasteiger charge is -2.10. The van der Waals surface area contributed by atoms with E-state index in [1.807, 2.05) is 22.9 Å². The number of nitrogens with one attached hydrogen (secondary N) is 1. The van der Waals surface area contributed by atoms with Crippen LogP contribution in [0.4, 0.5) is 0 Å². The van der Waals surface area contributed by atoms with Crippen molar-refractivity contribution < 1.29 is 30.8 Å². The predicted octanol–water partition coefficient (Wildman–Crippen LogP) is 2.87. The zero-order chi connectivity index (χ0) is 23.8. The third kappa shape index (κ3) is 4.46. The summed E-state index contributed by atoms with van der Waals surface area (Å²) in [4.78, 5) is 11.5. The predicted molar refractivity (Wildman–Crippen MR) is 121 cm³/mol. The molecule has 3 aromatic carbocycles. The quantitative estimate of drug-likeness (QED) is 0.426. The fourth-order valence-electron chi connectivity index (χ4n) is 3.31. The fraction of sp³-hybridized carbons (Fsp3) is 0.0455. The number of ether oxygens (including phenoxy) is 1. The number of rotatable bonds is 6. The molecule has 0 fully saturated rings. The lowest BCUT2D eigenvalue weighted by atomic mass is 10.1. The highest BCUT2D eigenvalue weighted by Crippen LogP contribution is 2.34. The molecule has 0 aliphatic rings. The molecule has 0 atom stereocenters. The fourth-order valence-corrected chi connectivity index (χ4v) is 5.67. The third-order valence-corrected chi connectivity index (χ3v) is 7.31. The summed E-state index contributed by atoms with van der Waals surface area (Å²) < 4.78 is 62.0. The van der Waals surface area contributed by atoms with Crippen LogP contribution in [0.3, 0.4) is 0 Å². The van der Waals surface area contributed by atoms with Gasteiger partial charge in [0.05, 0.1) is 12.7 Å². The van der Waals surface area contributed by atoms with E-state index in [2.05, 4.69) is 0 Å². The molecule has 0 bridgehead atoms. The van der Waals surface area contributed by atoms with Gasteiger partial charge in [-0.25, -0.2) is 26.7 Å². The molecule has 0 aliphatic heterocycles. The number of para-hydroxylation sites is 1. The minimum Gasteiger partial charge on any atom is -0.496 e. The van der Waals surface area contributed by atoms with Crippen molar-refractivity contribution in [3.05, 3.63) is 78.4 Å². The highest BCUT2D eigenvalue weighted by atomic mass is 32.2. The van der Waals surface area contributed by atoms with E-state index in [0.29, 0.717) is 28.0 Å². The molecule has 1 amide bonds. The molecule has 0 radical (unpaired) electrons. The number of carbonyl (C=O) groups is 1. The minimum absolute atomic E-state index is 0.0338. The number of methoxy groups -OCH3 is 1. The van der Waals surface area contributed by atoms with Gasteiger partial charge in [0.1, 0.15) is 26.9 Å². The van der Waals surface area contributed by atoms with Gasteiger partial charge in [0, 0.05) is 10.9 Å². The normalized spacial score (nSPS) is 11.9. The molecular formula is C22H18N2O7S2. The van der Waals surface area contributed by atoms with Gasteiger partial charge >= 0.3 is 0 Å². The van der Waals surface area contributed by atoms with Crippen molar-refractivity contribution >= 4 is 36.9 Å². The monoisotopic (exact) mass is 486 g/mol. The lowest BCUT2D eigenvalue weighted by molar-refractivity contribution is 0.0981. The molecule has 0 unspecified atom stereocenters. The second-order valence-corrected chi connectivity index (χ2v) is 10.2. The number of fused-ring (bicyclic) bond motifs is 1. The number of primary sulfonamides is 1. The topological polar surface area (TPSA) is 146 Å². The number of carbonyl (C=O) groups excluding carboxylic acids is 1. The van der Waals surface area contributed by atoms with Crippen molar-refractivity contribution in [2.24, 2.45) is 5.14 Å². The van der Waals surface area contributed by atoms with Gasteiger partial charge in [-0.3, -0.25) is 4.79 Å². The molecule has 1 heterocycles. The lowest BCUT2D eigenvalue weighted by Crippen LogP contribution is -2.32. The molecular weight excluding hydrogens is 468 g/mol. The first kappa shape index (κ1) is 22.5. The van der Waals surface area contributed by atoms with Crippen LogP contribution >= 0.6 is 0 Å². The number of sulfonamides is 2. The molecule has 4 aromatic rings. The summed E-state index contributed by atoms with van der Waals surface area (Å²) in [6.07, 6.45) is 0. The molecule has 33 heavy (non-hydrogen) atoms. The Bertz CT molecular complexity index is 1590. The summed E-state index contributed by atoms with van der Waals surface area (Å²) in [6, 6.07) is 18.1. The zero-order valence-corrected chi connectivity index (χ0v) is 18.8. The van der Waals surface area contributed by atoms with Gasteiger partial charge in [-0.2, -0.15) is 0 Å². The highest BCUT2D eigenvalue weighted by molar-refractivity contribution is 7.92. The number of hydrogen-bond donors (Lipinski definition) is 2. The molecule has 11 heteroatoms. The van der Waals surface area contributed by atoms with Crippen LogP contribution < -0.4 is 14.6 Å². The highest BCUT2D eigenvalue weighted by Gasteiger charge is 2.26. The van der Waals surface area contributed by atoms with E-state index in [0.717, 1.165) is 12.1 Å². The Labute approximate surface area is 189 Å². The molecule has 0 spiro atoms. The average Bonchev–Trinajstić information content (AvgIpc) is 3.21. The molecule has 4 rings (SSSR count). The van der Waals surface area contributed by atoms with E-state index in [-0.39, 0.29) is 5.56 Å². The van der Waals surface area contributed by atoms with Crippen LogP contribution in [0.2, 0.25) is 0 Å². The maximum atomic E-state index is 12.7. The first-order chi connectivity index (χ1) is 15.6. The second-order valence-electron chi connectivity index (χ2n) is 6.99. The molecule has 0 saturated heterocycles. The molecule has 170 valence electrons. The maximum absolute atomic E-state index is 12.7. The summed E-state index contributed by atoms with van der Waals surface area (Å²) in [6.45, 7) is 0.